The molecule has 0 spiro atoms. The summed E-state index contributed by atoms with van der Waals surface area (Å²) in [6, 6.07) is 6.45. The smallest absolute Gasteiger partial charge is 0.133 e. The van der Waals surface area contributed by atoms with E-state index in [0.717, 1.165) is 25.0 Å². The van der Waals surface area contributed by atoms with Gasteiger partial charge in [0.2, 0.25) is 0 Å². The molecule has 1 heterocycles. The van der Waals surface area contributed by atoms with E-state index in [9.17, 15) is 5.11 Å². The van der Waals surface area contributed by atoms with Crippen molar-refractivity contribution < 1.29 is 9.84 Å². The van der Waals surface area contributed by atoms with Crippen LogP contribution in [0, 0.1) is 6.92 Å². The van der Waals surface area contributed by atoms with Gasteiger partial charge < -0.3 is 9.84 Å². The molecule has 2 heteroatoms. The molecule has 2 aliphatic rings. The molecule has 1 aromatic carbocycles. The second-order valence-corrected chi connectivity index (χ2v) is 6.21. The summed E-state index contributed by atoms with van der Waals surface area (Å²) in [5.41, 5.74) is 2.28. The third kappa shape index (κ3) is 1.50. The van der Waals surface area contributed by atoms with Gasteiger partial charge in [-0.25, -0.2) is 0 Å². The maximum Gasteiger partial charge on any atom is 0.133 e. The third-order valence-corrected chi connectivity index (χ3v) is 4.55. The van der Waals surface area contributed by atoms with Crippen molar-refractivity contribution in [2.45, 2.75) is 57.2 Å². The number of fused-ring (bicyclic) bond motifs is 4. The van der Waals surface area contributed by atoms with Crippen LogP contribution in [-0.4, -0.2) is 16.8 Å². The Morgan fingerprint density at radius 1 is 1.35 bits per heavy atom. The monoisotopic (exact) mass is 232 g/mol. The Morgan fingerprint density at radius 3 is 2.88 bits per heavy atom. The Bertz CT molecular complexity index is 468. The molecule has 0 saturated heterocycles. The molecule has 1 fully saturated rings. The zero-order valence-electron chi connectivity index (χ0n) is 10.8. The fourth-order valence-electron chi connectivity index (χ4n) is 3.54. The van der Waals surface area contributed by atoms with Crippen LogP contribution in [0.25, 0.3) is 0 Å². The second-order valence-electron chi connectivity index (χ2n) is 6.21. The lowest BCUT2D eigenvalue weighted by Gasteiger charge is -2.52. The molecule has 0 unspecified atom stereocenters. The lowest BCUT2D eigenvalue weighted by atomic mass is 9.62. The standard InChI is InChI=1S/C15H20O2/c1-10-4-5-11-12(8-10)17-15(3)9-14(11,2)7-6-13(15)16/h4-5,8,13,16H,6-7,9H2,1-3H3/t13-,14-,15-/m1/s1. The summed E-state index contributed by atoms with van der Waals surface area (Å²) in [5, 5.41) is 10.2. The predicted molar refractivity (Wildman–Crippen MR) is 67.4 cm³/mol. The average Bonchev–Trinajstić information content (AvgIpc) is 2.23. The number of hydrogen-bond donors (Lipinski definition) is 1. The first-order valence-electron chi connectivity index (χ1n) is 6.41. The summed E-state index contributed by atoms with van der Waals surface area (Å²) in [6.07, 6.45) is 2.45. The fourth-order valence-corrected chi connectivity index (χ4v) is 3.54. The van der Waals surface area contributed by atoms with Gasteiger partial charge in [-0.05, 0) is 44.7 Å². The summed E-state index contributed by atoms with van der Waals surface area (Å²) in [6.45, 7) is 6.42. The van der Waals surface area contributed by atoms with Gasteiger partial charge in [-0.2, -0.15) is 0 Å². The van der Waals surface area contributed by atoms with E-state index in [4.69, 9.17) is 4.74 Å². The van der Waals surface area contributed by atoms with Gasteiger partial charge in [0.1, 0.15) is 11.4 Å². The van der Waals surface area contributed by atoms with Gasteiger partial charge in [0.15, 0.2) is 0 Å². The van der Waals surface area contributed by atoms with Crippen LogP contribution < -0.4 is 4.74 Å². The normalized spacial score (nSPS) is 39.4. The average molecular weight is 232 g/mol. The number of ether oxygens (including phenoxy) is 1. The van der Waals surface area contributed by atoms with Crippen LogP contribution in [0.1, 0.15) is 44.2 Å². The largest absolute Gasteiger partial charge is 0.485 e. The van der Waals surface area contributed by atoms with Crippen molar-refractivity contribution in [3.05, 3.63) is 29.3 Å². The van der Waals surface area contributed by atoms with E-state index < -0.39 is 5.60 Å². The van der Waals surface area contributed by atoms with Crippen LogP contribution in [0.5, 0.6) is 5.75 Å². The van der Waals surface area contributed by atoms with Crippen molar-refractivity contribution in [1.29, 1.82) is 0 Å². The van der Waals surface area contributed by atoms with Gasteiger partial charge in [0.05, 0.1) is 6.10 Å². The lowest BCUT2D eigenvalue weighted by Crippen LogP contribution is -2.56. The molecule has 2 bridgehead atoms. The zero-order valence-corrected chi connectivity index (χ0v) is 10.8. The molecule has 0 radical (unpaired) electrons. The molecule has 0 aromatic heterocycles. The first-order valence-corrected chi connectivity index (χ1v) is 6.41. The van der Waals surface area contributed by atoms with E-state index in [-0.39, 0.29) is 11.5 Å². The molecule has 17 heavy (non-hydrogen) atoms. The quantitative estimate of drug-likeness (QED) is 0.745. The Balaban J connectivity index is 2.16. The van der Waals surface area contributed by atoms with Crippen molar-refractivity contribution in [2.24, 2.45) is 0 Å². The highest BCUT2D eigenvalue weighted by Crippen LogP contribution is 2.52. The van der Waals surface area contributed by atoms with Crippen LogP contribution in [0.2, 0.25) is 0 Å². The molecule has 92 valence electrons. The molecule has 0 amide bonds. The van der Waals surface area contributed by atoms with Gasteiger partial charge in [0, 0.05) is 11.0 Å². The Kier molecular flexibility index (Phi) is 2.13. The van der Waals surface area contributed by atoms with E-state index >= 15 is 0 Å². The lowest BCUT2D eigenvalue weighted by molar-refractivity contribution is -0.102. The zero-order chi connectivity index (χ0) is 12.3. The Hall–Kier alpha value is -1.02. The SMILES string of the molecule is Cc1ccc2c(c1)O[C@]1(C)C[C@@]2(C)CC[C@H]1O. The summed E-state index contributed by atoms with van der Waals surface area (Å²) in [7, 11) is 0. The van der Waals surface area contributed by atoms with Gasteiger partial charge >= 0.3 is 0 Å². The number of aryl methyl sites for hydroxylation is 1. The molecule has 3 rings (SSSR count). The molecular formula is C15H20O2. The number of rotatable bonds is 0. The van der Waals surface area contributed by atoms with Gasteiger partial charge in [-0.3, -0.25) is 0 Å². The minimum atomic E-state index is -0.409. The predicted octanol–water partition coefficient (Wildman–Crippen LogP) is 2.95. The molecular weight excluding hydrogens is 212 g/mol. The summed E-state index contributed by atoms with van der Waals surface area (Å²) >= 11 is 0. The first-order chi connectivity index (χ1) is 7.93. The van der Waals surface area contributed by atoms with E-state index in [1.807, 2.05) is 6.92 Å². The van der Waals surface area contributed by atoms with Gasteiger partial charge in [-0.15, -0.1) is 0 Å². The summed E-state index contributed by atoms with van der Waals surface area (Å²) in [4.78, 5) is 0. The number of aliphatic hydroxyl groups excluding tert-OH is 1. The molecule has 1 saturated carbocycles. The minimum absolute atomic E-state index is 0.162. The molecule has 1 N–H and O–H groups in total. The highest BCUT2D eigenvalue weighted by Gasteiger charge is 2.51. The molecule has 2 nitrogen and oxygen atoms in total. The van der Waals surface area contributed by atoms with Crippen molar-refractivity contribution in [2.75, 3.05) is 0 Å². The molecule has 3 atom stereocenters. The molecule has 1 aliphatic heterocycles. The van der Waals surface area contributed by atoms with Crippen LogP contribution in [0.15, 0.2) is 18.2 Å². The first kappa shape index (κ1) is 11.1. The molecule has 1 aromatic rings. The molecule has 1 aliphatic carbocycles. The van der Waals surface area contributed by atoms with Crippen LogP contribution in [0.4, 0.5) is 0 Å². The van der Waals surface area contributed by atoms with Crippen LogP contribution in [0.3, 0.4) is 0 Å². The second kappa shape index (κ2) is 3.26. The van der Waals surface area contributed by atoms with E-state index in [1.165, 1.54) is 11.1 Å². The van der Waals surface area contributed by atoms with Gasteiger partial charge in [-0.1, -0.05) is 19.1 Å². The maximum absolute atomic E-state index is 10.2. The highest BCUT2D eigenvalue weighted by atomic mass is 16.5. The van der Waals surface area contributed by atoms with Crippen molar-refractivity contribution >= 4 is 0 Å². The summed E-state index contributed by atoms with van der Waals surface area (Å²) in [5.74, 6) is 0.972. The van der Waals surface area contributed by atoms with Gasteiger partial charge in [0.25, 0.3) is 0 Å². The number of benzene rings is 1. The topological polar surface area (TPSA) is 29.5 Å². The Morgan fingerprint density at radius 2 is 2.12 bits per heavy atom. The Labute approximate surface area is 103 Å². The highest BCUT2D eigenvalue weighted by molar-refractivity contribution is 5.45. The number of aliphatic hydroxyl groups is 1. The van der Waals surface area contributed by atoms with Crippen molar-refractivity contribution in [3.8, 4) is 5.75 Å². The van der Waals surface area contributed by atoms with E-state index in [0.29, 0.717) is 0 Å². The van der Waals surface area contributed by atoms with Crippen molar-refractivity contribution in [3.63, 3.8) is 0 Å². The fraction of sp³-hybridized carbons (Fsp3) is 0.600. The van der Waals surface area contributed by atoms with E-state index in [1.54, 1.807) is 0 Å². The minimum Gasteiger partial charge on any atom is -0.485 e. The van der Waals surface area contributed by atoms with Crippen LogP contribution >= 0.6 is 0 Å². The third-order valence-electron chi connectivity index (χ3n) is 4.55. The summed E-state index contributed by atoms with van der Waals surface area (Å²) < 4.78 is 6.10. The van der Waals surface area contributed by atoms with E-state index in [2.05, 4.69) is 32.0 Å². The van der Waals surface area contributed by atoms with Crippen molar-refractivity contribution in [1.82, 2.24) is 0 Å². The maximum atomic E-state index is 10.2. The number of hydrogen-bond acceptors (Lipinski definition) is 2. The van der Waals surface area contributed by atoms with Crippen LogP contribution in [-0.2, 0) is 5.41 Å².